The van der Waals surface area contributed by atoms with Gasteiger partial charge in [-0.3, -0.25) is 0 Å². The summed E-state index contributed by atoms with van der Waals surface area (Å²) in [6.07, 6.45) is 8.00. The zero-order chi connectivity index (χ0) is 44.9. The van der Waals surface area contributed by atoms with E-state index in [1.807, 2.05) is 91.0 Å². The third-order valence-corrected chi connectivity index (χ3v) is 13.2. The van der Waals surface area contributed by atoms with E-state index in [0.717, 1.165) is 74.7 Å². The molecule has 3 N–H and O–H groups in total. The molecule has 3 saturated carbocycles. The molecule has 1 saturated heterocycles. The van der Waals surface area contributed by atoms with Crippen molar-refractivity contribution in [1.29, 1.82) is 0 Å². The summed E-state index contributed by atoms with van der Waals surface area (Å²) in [5.74, 6) is 0.576. The largest absolute Gasteiger partial charge is 0.396 e. The molecular formula is C56H70O9. The average molecular weight is 887 g/mol. The maximum Gasteiger partial charge on any atom is 0.184 e. The highest BCUT2D eigenvalue weighted by atomic mass is 16.7. The van der Waals surface area contributed by atoms with Crippen LogP contribution in [0, 0.1) is 17.8 Å². The summed E-state index contributed by atoms with van der Waals surface area (Å²) in [6, 6.07) is 50.8. The minimum absolute atomic E-state index is 0.0236. The molecule has 5 aromatic rings. The Morgan fingerprint density at radius 3 is 1.38 bits per heavy atom. The van der Waals surface area contributed by atoms with E-state index in [9.17, 15) is 10.2 Å². The summed E-state index contributed by atoms with van der Waals surface area (Å²) in [6.45, 7) is 3.72. The molecule has 4 fully saturated rings. The van der Waals surface area contributed by atoms with E-state index in [2.05, 4.69) is 60.7 Å². The van der Waals surface area contributed by atoms with Crippen molar-refractivity contribution in [3.8, 4) is 0 Å². The minimum atomic E-state index is -0.530. The van der Waals surface area contributed by atoms with E-state index in [1.165, 1.54) is 17.5 Å². The van der Waals surface area contributed by atoms with Crippen molar-refractivity contribution in [2.24, 2.45) is 17.8 Å². The molecule has 348 valence electrons. The fraction of sp³-hybridized carbons (Fsp3) is 0.464. The van der Waals surface area contributed by atoms with Crippen LogP contribution in [0.2, 0.25) is 0 Å². The van der Waals surface area contributed by atoms with E-state index < -0.39 is 12.2 Å². The van der Waals surface area contributed by atoms with Crippen LogP contribution in [0.25, 0.3) is 0 Å². The molecule has 0 amide bonds. The molecule has 5 aromatic carbocycles. The van der Waals surface area contributed by atoms with Gasteiger partial charge in [-0.25, -0.2) is 0 Å². The number of hydrogen-bond acceptors (Lipinski definition) is 9. The molecule has 0 aromatic heterocycles. The Hall–Kier alpha value is -4.26. The predicted molar refractivity (Wildman–Crippen MR) is 252 cm³/mol. The van der Waals surface area contributed by atoms with Gasteiger partial charge < -0.3 is 43.7 Å². The van der Waals surface area contributed by atoms with Gasteiger partial charge in [-0.15, -0.1) is 0 Å². The molecule has 0 bridgehead atoms. The second kappa shape index (κ2) is 26.8. The molecule has 4 unspecified atom stereocenters. The topological polar surface area (TPSA) is 116 Å². The first-order valence-corrected chi connectivity index (χ1v) is 23.9. The smallest absolute Gasteiger partial charge is 0.184 e. The van der Waals surface area contributed by atoms with E-state index in [1.54, 1.807) is 0 Å². The van der Waals surface area contributed by atoms with Crippen LogP contribution in [-0.4, -0.2) is 71.8 Å². The summed E-state index contributed by atoms with van der Waals surface area (Å²) in [4.78, 5) is 0. The van der Waals surface area contributed by atoms with Crippen molar-refractivity contribution in [2.45, 2.75) is 127 Å². The zero-order valence-electron chi connectivity index (χ0n) is 37.8. The lowest BCUT2D eigenvalue weighted by Gasteiger charge is -2.43. The maximum absolute atomic E-state index is 10.6. The lowest BCUT2D eigenvalue weighted by Crippen LogP contribution is -2.47. The third-order valence-electron chi connectivity index (χ3n) is 13.2. The standard InChI is InChI=1S/C21H24O3.C21H26O3.C14H20O3/c1-3-8-16(9-4-1)14-22-19-13-7-12-18-15-23-21(24-20(18)19)17-10-5-2-6-11-17;22-21-19(16-23-14-17-8-3-1-4-9-17)12-7-13-20(21)24-15-18-10-5-2-6-11-18;15-9-12-7-4-8-13(14(12)16)17-10-11-5-2-1-3-6-11/h1-6,8-11,18-21H,7,12-15H2;1-6,8-11,19-22H,7,12-16H2;1-3,5-6,12-16H,4,7-10H2/t18?,19-,20+,21?;19?,20-,21+;12?,13-,14+/m000/s1. The molecule has 10 atom stereocenters. The Balaban J connectivity index is 0.000000148. The zero-order valence-corrected chi connectivity index (χ0v) is 37.8. The molecule has 9 nitrogen and oxygen atoms in total. The fourth-order valence-corrected chi connectivity index (χ4v) is 9.38. The lowest BCUT2D eigenvalue weighted by atomic mass is 9.84. The third kappa shape index (κ3) is 15.4. The SMILES string of the molecule is OCC1CCC[C@H](OCc2ccccc2)[C@@H]1O.O[C@@H]1C(COCc2ccccc2)CCC[C@@H]1OCc1ccccc1.c1ccc(CO[C@H]2CCCC3COC(c4ccccc4)O[C@H]32)cc1. The van der Waals surface area contributed by atoms with Crippen LogP contribution in [0.1, 0.15) is 91.9 Å². The fourth-order valence-electron chi connectivity index (χ4n) is 9.38. The van der Waals surface area contributed by atoms with Gasteiger partial charge in [-0.05, 0) is 60.8 Å². The summed E-state index contributed by atoms with van der Waals surface area (Å²) >= 11 is 0. The van der Waals surface area contributed by atoms with Gasteiger partial charge in [-0.1, -0.05) is 171 Å². The minimum Gasteiger partial charge on any atom is -0.396 e. The van der Waals surface area contributed by atoms with E-state index in [0.29, 0.717) is 39.0 Å². The van der Waals surface area contributed by atoms with Crippen molar-refractivity contribution in [2.75, 3.05) is 19.8 Å². The molecule has 0 radical (unpaired) electrons. The second-order valence-electron chi connectivity index (χ2n) is 17.9. The molecule has 4 aliphatic rings. The highest BCUT2D eigenvalue weighted by Gasteiger charge is 2.41. The number of aliphatic hydroxyl groups excluding tert-OH is 3. The predicted octanol–water partition coefficient (Wildman–Crippen LogP) is 10.2. The van der Waals surface area contributed by atoms with Crippen molar-refractivity contribution in [1.82, 2.24) is 0 Å². The molecule has 9 rings (SSSR count). The summed E-state index contributed by atoms with van der Waals surface area (Å²) in [5, 5.41) is 29.8. The maximum atomic E-state index is 10.6. The Labute approximate surface area is 386 Å². The van der Waals surface area contributed by atoms with E-state index >= 15 is 0 Å². The number of ether oxygens (including phenoxy) is 6. The normalized spacial score (nSPS) is 27.5. The number of hydrogen-bond donors (Lipinski definition) is 3. The van der Waals surface area contributed by atoms with Crippen LogP contribution in [0.3, 0.4) is 0 Å². The number of benzene rings is 5. The molecule has 3 aliphatic carbocycles. The molecule has 1 heterocycles. The van der Waals surface area contributed by atoms with E-state index in [4.69, 9.17) is 33.5 Å². The first-order valence-electron chi connectivity index (χ1n) is 23.9. The van der Waals surface area contributed by atoms with Gasteiger partial charge in [0.15, 0.2) is 6.29 Å². The number of rotatable bonds is 15. The number of fused-ring (bicyclic) bond motifs is 1. The van der Waals surface area contributed by atoms with Crippen molar-refractivity contribution in [3.05, 3.63) is 179 Å². The van der Waals surface area contributed by atoms with Gasteiger partial charge in [0.1, 0.15) is 0 Å². The van der Waals surface area contributed by atoms with Crippen LogP contribution < -0.4 is 0 Å². The van der Waals surface area contributed by atoms with Gasteiger partial charge in [0.25, 0.3) is 0 Å². The molecule has 1 aliphatic heterocycles. The summed E-state index contributed by atoms with van der Waals surface area (Å²) in [7, 11) is 0. The van der Waals surface area contributed by atoms with Crippen LogP contribution in [0.4, 0.5) is 0 Å². The van der Waals surface area contributed by atoms with Crippen molar-refractivity contribution in [3.63, 3.8) is 0 Å². The average Bonchev–Trinajstić information content (AvgIpc) is 3.37. The van der Waals surface area contributed by atoms with Gasteiger partial charge in [-0.2, -0.15) is 0 Å². The summed E-state index contributed by atoms with van der Waals surface area (Å²) < 4.78 is 36.1. The first-order chi connectivity index (χ1) is 32.0. The number of aliphatic hydroxyl groups is 3. The molecule has 9 heteroatoms. The molecular weight excluding hydrogens is 817 g/mol. The van der Waals surface area contributed by atoms with Gasteiger partial charge in [0.2, 0.25) is 0 Å². The van der Waals surface area contributed by atoms with Crippen molar-refractivity contribution < 1.29 is 43.7 Å². The monoisotopic (exact) mass is 887 g/mol. The van der Waals surface area contributed by atoms with Crippen LogP contribution in [-0.2, 0) is 54.8 Å². The highest BCUT2D eigenvalue weighted by Crippen LogP contribution is 2.38. The quantitative estimate of drug-likeness (QED) is 0.0945. The summed E-state index contributed by atoms with van der Waals surface area (Å²) in [5.41, 5.74) is 5.73. The van der Waals surface area contributed by atoms with Gasteiger partial charge in [0, 0.05) is 29.9 Å². The van der Waals surface area contributed by atoms with Crippen LogP contribution in [0.5, 0.6) is 0 Å². The van der Waals surface area contributed by atoms with Crippen LogP contribution in [0.15, 0.2) is 152 Å². The highest BCUT2D eigenvalue weighted by molar-refractivity contribution is 5.18. The van der Waals surface area contributed by atoms with Gasteiger partial charge in [0.05, 0.1) is 76.3 Å². The Bertz CT molecular complexity index is 1990. The van der Waals surface area contributed by atoms with E-state index in [-0.39, 0.29) is 49.1 Å². The van der Waals surface area contributed by atoms with Gasteiger partial charge >= 0.3 is 0 Å². The Morgan fingerprint density at radius 1 is 0.462 bits per heavy atom. The molecule has 0 spiro atoms. The Morgan fingerprint density at radius 2 is 0.877 bits per heavy atom. The second-order valence-corrected chi connectivity index (χ2v) is 17.9. The molecule has 65 heavy (non-hydrogen) atoms. The van der Waals surface area contributed by atoms with Crippen LogP contribution >= 0.6 is 0 Å². The first kappa shape index (κ1) is 48.7. The Kier molecular flexibility index (Phi) is 20.0. The lowest BCUT2D eigenvalue weighted by molar-refractivity contribution is -0.276. The van der Waals surface area contributed by atoms with Crippen molar-refractivity contribution >= 4 is 0 Å².